The van der Waals surface area contributed by atoms with Crippen LogP contribution < -0.4 is 4.90 Å². The van der Waals surface area contributed by atoms with E-state index in [1.165, 1.54) is 6.33 Å². The van der Waals surface area contributed by atoms with Crippen LogP contribution in [0.25, 0.3) is 11.2 Å². The van der Waals surface area contributed by atoms with Crippen LogP contribution in [0, 0.1) is 5.92 Å². The minimum absolute atomic E-state index is 0.0197. The second-order valence-electron chi connectivity index (χ2n) is 4.74. The number of hydrogen-bond donors (Lipinski definition) is 1. The molecule has 9 heteroatoms. The third-order valence-electron chi connectivity index (χ3n) is 3.42. The highest BCUT2D eigenvalue weighted by Crippen LogP contribution is 2.35. The standard InChI is InChI=1S/C11H11ClF3N5/c12-10-18-8-7(16-5-17-8)9(19-10)20-3-1-2-6(4-20)11(13,14)15/h5-6H,1-4H2,(H,16,17,18,19). The van der Waals surface area contributed by atoms with Crippen molar-refractivity contribution in [3.63, 3.8) is 0 Å². The summed E-state index contributed by atoms with van der Waals surface area (Å²) in [5.41, 5.74) is 0.867. The third kappa shape index (κ3) is 2.39. The van der Waals surface area contributed by atoms with Crippen molar-refractivity contribution >= 4 is 28.6 Å². The normalized spacial score (nSPS) is 20.6. The largest absolute Gasteiger partial charge is 0.393 e. The van der Waals surface area contributed by atoms with Gasteiger partial charge in [0, 0.05) is 13.1 Å². The summed E-state index contributed by atoms with van der Waals surface area (Å²) in [5, 5.41) is -0.0197. The molecule has 108 valence electrons. The maximum absolute atomic E-state index is 12.9. The van der Waals surface area contributed by atoms with Crippen LogP contribution in [0.4, 0.5) is 19.0 Å². The number of aromatic amines is 1. The zero-order valence-corrected chi connectivity index (χ0v) is 11.0. The van der Waals surface area contributed by atoms with E-state index in [4.69, 9.17) is 11.6 Å². The van der Waals surface area contributed by atoms with Gasteiger partial charge in [-0.15, -0.1) is 0 Å². The molecule has 1 N–H and O–H groups in total. The van der Waals surface area contributed by atoms with Crippen molar-refractivity contribution in [2.24, 2.45) is 5.92 Å². The SMILES string of the molecule is FC(F)(F)C1CCCN(c2nc(Cl)nc3nc[nH]c23)C1. The number of aromatic nitrogens is 4. The first-order chi connectivity index (χ1) is 9.45. The first kappa shape index (κ1) is 13.4. The number of nitrogens with zero attached hydrogens (tertiary/aromatic N) is 4. The molecule has 2 aromatic rings. The van der Waals surface area contributed by atoms with Gasteiger partial charge in [-0.1, -0.05) is 0 Å². The van der Waals surface area contributed by atoms with E-state index in [1.807, 2.05) is 0 Å². The van der Waals surface area contributed by atoms with E-state index >= 15 is 0 Å². The Hall–Kier alpha value is -1.57. The number of alkyl halides is 3. The lowest BCUT2D eigenvalue weighted by atomic mass is 9.97. The van der Waals surface area contributed by atoms with Crippen molar-refractivity contribution in [1.82, 2.24) is 19.9 Å². The van der Waals surface area contributed by atoms with Crippen LogP contribution in [0.15, 0.2) is 6.33 Å². The van der Waals surface area contributed by atoms with Crippen LogP contribution >= 0.6 is 11.6 Å². The summed E-state index contributed by atoms with van der Waals surface area (Å²) in [6.45, 7) is 0.388. The van der Waals surface area contributed by atoms with Crippen molar-refractivity contribution < 1.29 is 13.2 Å². The number of H-pyrrole nitrogens is 1. The molecule has 3 heterocycles. The minimum Gasteiger partial charge on any atom is -0.354 e. The van der Waals surface area contributed by atoms with Gasteiger partial charge in [-0.25, -0.2) is 4.98 Å². The lowest BCUT2D eigenvalue weighted by Crippen LogP contribution is -2.42. The maximum Gasteiger partial charge on any atom is 0.393 e. The Morgan fingerprint density at radius 3 is 2.90 bits per heavy atom. The van der Waals surface area contributed by atoms with Crippen LogP contribution in [0.5, 0.6) is 0 Å². The molecule has 0 radical (unpaired) electrons. The number of anilines is 1. The Labute approximate surface area is 117 Å². The van der Waals surface area contributed by atoms with E-state index in [2.05, 4.69) is 19.9 Å². The van der Waals surface area contributed by atoms with E-state index in [9.17, 15) is 13.2 Å². The summed E-state index contributed by atoms with van der Waals surface area (Å²) < 4.78 is 38.6. The molecule has 0 saturated carbocycles. The Morgan fingerprint density at radius 1 is 1.35 bits per heavy atom. The first-order valence-electron chi connectivity index (χ1n) is 6.13. The highest BCUT2D eigenvalue weighted by molar-refractivity contribution is 6.28. The molecule has 1 fully saturated rings. The molecule has 1 atom stereocenters. The number of piperidine rings is 1. The van der Waals surface area contributed by atoms with Crippen molar-refractivity contribution in [3.05, 3.63) is 11.6 Å². The molecule has 1 saturated heterocycles. The van der Waals surface area contributed by atoms with Gasteiger partial charge in [0.25, 0.3) is 0 Å². The average molecular weight is 306 g/mol. The van der Waals surface area contributed by atoms with Crippen LogP contribution in [0.3, 0.4) is 0 Å². The number of nitrogens with one attached hydrogen (secondary N) is 1. The third-order valence-corrected chi connectivity index (χ3v) is 3.59. The van der Waals surface area contributed by atoms with E-state index in [1.54, 1.807) is 4.90 Å². The van der Waals surface area contributed by atoms with Gasteiger partial charge < -0.3 is 9.88 Å². The topological polar surface area (TPSA) is 57.7 Å². The molecule has 1 unspecified atom stereocenters. The summed E-state index contributed by atoms with van der Waals surface area (Å²) in [6.07, 6.45) is -2.17. The number of rotatable bonds is 1. The van der Waals surface area contributed by atoms with Crippen LogP contribution in [-0.4, -0.2) is 39.2 Å². The number of hydrogen-bond acceptors (Lipinski definition) is 4. The Kier molecular flexibility index (Phi) is 3.19. The monoisotopic (exact) mass is 305 g/mol. The molecule has 3 rings (SSSR count). The minimum atomic E-state index is -4.19. The van der Waals surface area contributed by atoms with Gasteiger partial charge in [0.15, 0.2) is 11.5 Å². The fourth-order valence-corrected chi connectivity index (χ4v) is 2.62. The summed E-state index contributed by atoms with van der Waals surface area (Å²) >= 11 is 5.80. The lowest BCUT2D eigenvalue weighted by molar-refractivity contribution is -0.176. The molecule has 0 aromatic carbocycles. The molecular formula is C11H11ClF3N5. The fourth-order valence-electron chi connectivity index (χ4n) is 2.46. The van der Waals surface area contributed by atoms with Gasteiger partial charge >= 0.3 is 6.18 Å². The van der Waals surface area contributed by atoms with Crippen molar-refractivity contribution in [1.29, 1.82) is 0 Å². The first-order valence-corrected chi connectivity index (χ1v) is 6.51. The quantitative estimate of drug-likeness (QED) is 0.823. The summed E-state index contributed by atoms with van der Waals surface area (Å²) in [4.78, 5) is 16.4. The Balaban J connectivity index is 1.96. The van der Waals surface area contributed by atoms with Crippen molar-refractivity contribution in [2.75, 3.05) is 18.0 Å². The lowest BCUT2D eigenvalue weighted by Gasteiger charge is -2.34. The Morgan fingerprint density at radius 2 is 2.15 bits per heavy atom. The highest BCUT2D eigenvalue weighted by atomic mass is 35.5. The second kappa shape index (κ2) is 4.76. The molecule has 0 aliphatic carbocycles. The van der Waals surface area contributed by atoms with Gasteiger partial charge in [-0.2, -0.15) is 23.1 Å². The molecule has 0 spiro atoms. The second-order valence-corrected chi connectivity index (χ2v) is 5.08. The molecular weight excluding hydrogens is 295 g/mol. The van der Waals surface area contributed by atoms with Gasteiger partial charge in [0.1, 0.15) is 5.52 Å². The molecule has 0 bridgehead atoms. The van der Waals surface area contributed by atoms with E-state index in [-0.39, 0.29) is 18.2 Å². The van der Waals surface area contributed by atoms with Gasteiger partial charge in [-0.05, 0) is 24.4 Å². The predicted octanol–water partition coefficient (Wildman–Crippen LogP) is 2.78. The summed E-state index contributed by atoms with van der Waals surface area (Å²) in [6, 6.07) is 0. The molecule has 5 nitrogen and oxygen atoms in total. The predicted molar refractivity (Wildman–Crippen MR) is 67.7 cm³/mol. The van der Waals surface area contributed by atoms with Crippen LogP contribution in [0.1, 0.15) is 12.8 Å². The number of halogens is 4. The highest BCUT2D eigenvalue weighted by Gasteiger charge is 2.42. The van der Waals surface area contributed by atoms with Gasteiger partial charge in [0.05, 0.1) is 12.2 Å². The summed E-state index contributed by atoms with van der Waals surface area (Å²) in [7, 11) is 0. The van der Waals surface area contributed by atoms with E-state index in [0.717, 1.165) is 0 Å². The molecule has 2 aromatic heterocycles. The van der Waals surface area contributed by atoms with Gasteiger partial charge in [-0.3, -0.25) is 0 Å². The smallest absolute Gasteiger partial charge is 0.354 e. The average Bonchev–Trinajstić information content (AvgIpc) is 2.85. The molecule has 20 heavy (non-hydrogen) atoms. The van der Waals surface area contributed by atoms with Crippen LogP contribution in [0.2, 0.25) is 5.28 Å². The molecule has 1 aliphatic heterocycles. The van der Waals surface area contributed by atoms with Gasteiger partial charge in [0.2, 0.25) is 5.28 Å². The van der Waals surface area contributed by atoms with Crippen LogP contribution in [-0.2, 0) is 0 Å². The summed E-state index contributed by atoms with van der Waals surface area (Å²) in [5.74, 6) is -0.964. The number of imidazole rings is 1. The number of fused-ring (bicyclic) bond motifs is 1. The Bertz CT molecular complexity index is 626. The van der Waals surface area contributed by atoms with E-state index < -0.39 is 12.1 Å². The fraction of sp³-hybridized carbons (Fsp3) is 0.545. The van der Waals surface area contributed by atoms with Crippen molar-refractivity contribution in [2.45, 2.75) is 19.0 Å². The zero-order valence-electron chi connectivity index (χ0n) is 10.3. The molecule has 0 amide bonds. The van der Waals surface area contributed by atoms with Crippen molar-refractivity contribution in [3.8, 4) is 0 Å². The van der Waals surface area contributed by atoms with E-state index in [0.29, 0.717) is 29.9 Å². The molecule has 1 aliphatic rings. The maximum atomic E-state index is 12.9. The zero-order chi connectivity index (χ0) is 14.3.